The molecule has 2 heterocycles. The number of para-hydroxylation sites is 2. The van der Waals surface area contributed by atoms with E-state index in [0.29, 0.717) is 17.0 Å². The van der Waals surface area contributed by atoms with Gasteiger partial charge in [-0.15, -0.1) is 0 Å². The van der Waals surface area contributed by atoms with Crippen LogP contribution in [-0.4, -0.2) is 9.97 Å². The van der Waals surface area contributed by atoms with Crippen LogP contribution in [0.4, 0.5) is 0 Å². The van der Waals surface area contributed by atoms with E-state index in [4.69, 9.17) is 4.42 Å². The molecule has 0 spiro atoms. The van der Waals surface area contributed by atoms with Crippen molar-refractivity contribution in [2.75, 3.05) is 0 Å². The van der Waals surface area contributed by atoms with Crippen molar-refractivity contribution < 1.29 is 4.42 Å². The Morgan fingerprint density at radius 1 is 1.09 bits per heavy atom. The van der Waals surface area contributed by atoms with E-state index < -0.39 is 0 Å². The molecule has 0 bridgehead atoms. The van der Waals surface area contributed by atoms with E-state index >= 15 is 0 Å². The molecule has 1 N–H and O–H groups in total. The van der Waals surface area contributed by atoms with Crippen LogP contribution in [0.3, 0.4) is 0 Å². The summed E-state index contributed by atoms with van der Waals surface area (Å²) in [5.74, 6) is 0.533. The number of imidazole rings is 1. The summed E-state index contributed by atoms with van der Waals surface area (Å²) in [6.45, 7) is 0. The van der Waals surface area contributed by atoms with E-state index in [-0.39, 0.29) is 5.63 Å². The maximum absolute atomic E-state index is 12.3. The smallest absolute Gasteiger partial charge is 0.347 e. The maximum Gasteiger partial charge on any atom is 0.347 e. The molecule has 0 fully saturated rings. The van der Waals surface area contributed by atoms with E-state index in [1.165, 1.54) is 0 Å². The number of rotatable bonds is 1. The molecule has 22 heavy (non-hydrogen) atoms. The normalized spacial score (nSPS) is 11.4. The third-order valence-corrected chi connectivity index (χ3v) is 4.82. The van der Waals surface area contributed by atoms with Crippen LogP contribution in [0.25, 0.3) is 33.4 Å². The van der Waals surface area contributed by atoms with E-state index in [1.807, 2.05) is 42.5 Å². The first-order chi connectivity index (χ1) is 10.6. The maximum atomic E-state index is 12.3. The Morgan fingerprint density at radius 3 is 2.73 bits per heavy atom. The molecule has 0 aliphatic heterocycles. The van der Waals surface area contributed by atoms with Crippen molar-refractivity contribution in [1.29, 1.82) is 0 Å². The topological polar surface area (TPSA) is 58.9 Å². The van der Waals surface area contributed by atoms with Crippen molar-refractivity contribution >= 4 is 67.2 Å². The van der Waals surface area contributed by atoms with Crippen molar-refractivity contribution in [3.8, 4) is 11.4 Å². The predicted octanol–water partition coefficient (Wildman–Crippen LogP) is 4.55. The van der Waals surface area contributed by atoms with E-state index in [0.717, 1.165) is 23.6 Å². The van der Waals surface area contributed by atoms with Crippen LogP contribution in [0.5, 0.6) is 0 Å². The molecule has 0 unspecified atom stereocenters. The fourth-order valence-electron chi connectivity index (χ4n) is 2.40. The number of nitrogens with zero attached hydrogens (tertiary/aromatic N) is 1. The van der Waals surface area contributed by atoms with E-state index in [1.54, 1.807) is 0 Å². The SMILES string of the molecule is O=c1oc2c(I)cc(I)cc2cc1-c1nc2ccccc2[nH]1. The summed E-state index contributed by atoms with van der Waals surface area (Å²) in [5.41, 5.74) is 2.40. The summed E-state index contributed by atoms with van der Waals surface area (Å²) in [7, 11) is 0. The Balaban J connectivity index is 2.02. The number of aromatic nitrogens is 2. The van der Waals surface area contributed by atoms with Gasteiger partial charge >= 0.3 is 5.63 Å². The largest absolute Gasteiger partial charge is 0.421 e. The van der Waals surface area contributed by atoms with Crippen LogP contribution in [-0.2, 0) is 0 Å². The molecule has 2 aromatic heterocycles. The highest BCUT2D eigenvalue weighted by Gasteiger charge is 2.13. The minimum atomic E-state index is -0.384. The number of benzene rings is 2. The summed E-state index contributed by atoms with van der Waals surface area (Å²) in [4.78, 5) is 20.0. The van der Waals surface area contributed by atoms with Crippen LogP contribution in [0.15, 0.2) is 51.7 Å². The van der Waals surface area contributed by atoms with E-state index in [9.17, 15) is 4.79 Å². The monoisotopic (exact) mass is 514 g/mol. The van der Waals surface area contributed by atoms with Gasteiger partial charge in [0.2, 0.25) is 0 Å². The minimum Gasteiger partial charge on any atom is -0.421 e. The second kappa shape index (κ2) is 5.34. The molecule has 4 rings (SSSR count). The van der Waals surface area contributed by atoms with Crippen LogP contribution in [0.2, 0.25) is 0 Å². The van der Waals surface area contributed by atoms with Gasteiger partial charge in [0.15, 0.2) is 5.58 Å². The Bertz CT molecular complexity index is 1050. The van der Waals surface area contributed by atoms with Gasteiger partial charge in [-0.05, 0) is 75.5 Å². The summed E-state index contributed by atoms with van der Waals surface area (Å²) < 4.78 is 7.52. The third-order valence-electron chi connectivity index (χ3n) is 3.40. The first-order valence-corrected chi connectivity index (χ1v) is 8.65. The molecular formula is C16H8I2N2O2. The quantitative estimate of drug-likeness (QED) is 0.300. The van der Waals surface area contributed by atoms with Crippen molar-refractivity contribution in [2.24, 2.45) is 0 Å². The molecular weight excluding hydrogens is 506 g/mol. The zero-order valence-electron chi connectivity index (χ0n) is 11.1. The highest BCUT2D eigenvalue weighted by atomic mass is 127. The number of fused-ring (bicyclic) bond motifs is 2. The molecule has 0 radical (unpaired) electrons. The average Bonchev–Trinajstić information content (AvgIpc) is 2.91. The molecule has 0 aliphatic rings. The van der Waals surface area contributed by atoms with Gasteiger partial charge in [0.05, 0.1) is 14.6 Å². The van der Waals surface area contributed by atoms with Gasteiger partial charge in [0.1, 0.15) is 11.4 Å². The minimum absolute atomic E-state index is 0.384. The molecule has 4 nitrogen and oxygen atoms in total. The highest BCUT2D eigenvalue weighted by molar-refractivity contribution is 14.1. The molecule has 2 aromatic carbocycles. The zero-order valence-corrected chi connectivity index (χ0v) is 15.4. The number of nitrogens with one attached hydrogen (secondary N) is 1. The van der Waals surface area contributed by atoms with Crippen LogP contribution >= 0.6 is 45.2 Å². The average molecular weight is 514 g/mol. The molecule has 108 valence electrons. The molecule has 0 amide bonds. The molecule has 0 atom stereocenters. The third kappa shape index (κ3) is 2.34. The fourth-order valence-corrected chi connectivity index (χ4v) is 4.40. The first kappa shape index (κ1) is 14.2. The van der Waals surface area contributed by atoms with Crippen LogP contribution in [0, 0.1) is 7.14 Å². The van der Waals surface area contributed by atoms with Gasteiger partial charge in [-0.1, -0.05) is 12.1 Å². The van der Waals surface area contributed by atoms with Gasteiger partial charge in [0.25, 0.3) is 0 Å². The Hall–Kier alpha value is -1.42. The summed E-state index contributed by atoms with van der Waals surface area (Å²) >= 11 is 4.43. The number of hydrogen-bond donors (Lipinski definition) is 1. The van der Waals surface area contributed by atoms with Gasteiger partial charge < -0.3 is 9.40 Å². The lowest BCUT2D eigenvalue weighted by Crippen LogP contribution is -2.04. The lowest BCUT2D eigenvalue weighted by atomic mass is 10.2. The molecule has 0 saturated heterocycles. The number of H-pyrrole nitrogens is 1. The lowest BCUT2D eigenvalue weighted by Gasteiger charge is -2.02. The Morgan fingerprint density at radius 2 is 1.91 bits per heavy atom. The Kier molecular flexibility index (Phi) is 3.44. The fraction of sp³-hybridized carbons (Fsp3) is 0. The second-order valence-electron chi connectivity index (χ2n) is 4.86. The number of halogens is 2. The van der Waals surface area contributed by atoms with Crippen molar-refractivity contribution in [3.63, 3.8) is 0 Å². The summed E-state index contributed by atoms with van der Waals surface area (Å²) in [6.07, 6.45) is 0. The van der Waals surface area contributed by atoms with Crippen molar-refractivity contribution in [2.45, 2.75) is 0 Å². The van der Waals surface area contributed by atoms with Crippen molar-refractivity contribution in [1.82, 2.24) is 9.97 Å². The van der Waals surface area contributed by atoms with E-state index in [2.05, 4.69) is 55.1 Å². The van der Waals surface area contributed by atoms with Gasteiger partial charge in [-0.3, -0.25) is 0 Å². The number of hydrogen-bond acceptors (Lipinski definition) is 3. The van der Waals surface area contributed by atoms with Gasteiger partial charge in [-0.2, -0.15) is 0 Å². The van der Waals surface area contributed by atoms with Crippen molar-refractivity contribution in [3.05, 3.63) is 60.0 Å². The Labute approximate surface area is 152 Å². The second-order valence-corrected chi connectivity index (χ2v) is 7.26. The van der Waals surface area contributed by atoms with Gasteiger partial charge in [-0.25, -0.2) is 9.78 Å². The predicted molar refractivity (Wildman–Crippen MR) is 103 cm³/mol. The standard InChI is InChI=1S/C16H8I2N2O2/c17-9-5-8-6-10(16(21)22-14(8)11(18)7-9)15-19-12-3-1-2-4-13(12)20-15/h1-7H,(H,19,20). The molecule has 6 heteroatoms. The number of aromatic amines is 1. The van der Waals surface area contributed by atoms with Crippen LogP contribution < -0.4 is 5.63 Å². The van der Waals surface area contributed by atoms with Crippen LogP contribution in [0.1, 0.15) is 0 Å². The first-order valence-electron chi connectivity index (χ1n) is 6.50. The zero-order chi connectivity index (χ0) is 15.3. The molecule has 4 aromatic rings. The molecule has 0 saturated carbocycles. The lowest BCUT2D eigenvalue weighted by molar-refractivity contribution is 0.561. The molecule has 0 aliphatic carbocycles. The summed E-state index contributed by atoms with van der Waals surface area (Å²) in [5, 5.41) is 0.895. The summed E-state index contributed by atoms with van der Waals surface area (Å²) in [6, 6.07) is 13.5. The highest BCUT2D eigenvalue weighted by Crippen LogP contribution is 2.26. The van der Waals surface area contributed by atoms with Gasteiger partial charge in [0, 0.05) is 8.96 Å².